The molecule has 0 spiro atoms. The number of nitrogens with one attached hydrogen (secondary N) is 1. The Balaban J connectivity index is 2.54. The molecule has 0 saturated heterocycles. The molecule has 0 unspecified atom stereocenters. The fourth-order valence-electron chi connectivity index (χ4n) is 1.61. The van der Waals surface area contributed by atoms with E-state index in [1.807, 2.05) is 32.6 Å². The summed E-state index contributed by atoms with van der Waals surface area (Å²) in [5.41, 5.74) is 1.82. The molecule has 0 radical (unpaired) electrons. The first-order chi connectivity index (χ1) is 8.40. The lowest BCUT2D eigenvalue weighted by atomic mass is 9.95. The molecular weight excluding hydrogens is 226 g/mol. The maximum absolute atomic E-state index is 4.63. The monoisotopic (exact) mass is 245 g/mol. The molecule has 0 bridgehead atoms. The average Bonchev–Trinajstić information content (AvgIpc) is 2.74. The Morgan fingerprint density at radius 3 is 2.44 bits per heavy atom. The lowest BCUT2D eigenvalue weighted by Gasteiger charge is -2.18. The summed E-state index contributed by atoms with van der Waals surface area (Å²) >= 11 is 0. The second-order valence-electron chi connectivity index (χ2n) is 5.36. The van der Waals surface area contributed by atoms with Crippen LogP contribution >= 0.6 is 0 Å². The zero-order valence-electron chi connectivity index (χ0n) is 11.5. The summed E-state index contributed by atoms with van der Waals surface area (Å²) in [6.45, 7) is 6.32. The molecule has 1 N–H and O–H groups in total. The summed E-state index contributed by atoms with van der Waals surface area (Å²) in [7, 11) is 3.76. The van der Waals surface area contributed by atoms with Gasteiger partial charge in [-0.2, -0.15) is 5.10 Å². The van der Waals surface area contributed by atoms with Gasteiger partial charge in [0.15, 0.2) is 0 Å². The Kier molecular flexibility index (Phi) is 3.07. The van der Waals surface area contributed by atoms with Crippen molar-refractivity contribution in [3.05, 3.63) is 24.3 Å². The molecule has 0 aliphatic heterocycles. The van der Waals surface area contributed by atoms with Gasteiger partial charge >= 0.3 is 0 Å². The Bertz CT molecular complexity index is 551. The molecule has 0 fully saturated rings. The average molecular weight is 245 g/mol. The van der Waals surface area contributed by atoms with E-state index in [4.69, 9.17) is 0 Å². The van der Waals surface area contributed by atoms with E-state index in [2.05, 4.69) is 41.2 Å². The van der Waals surface area contributed by atoms with E-state index in [1.54, 1.807) is 4.68 Å². The van der Waals surface area contributed by atoms with Crippen LogP contribution in [0.25, 0.3) is 11.3 Å². The topological polar surface area (TPSA) is 55.6 Å². The van der Waals surface area contributed by atoms with Crippen molar-refractivity contribution in [2.24, 2.45) is 7.05 Å². The first-order valence-electron chi connectivity index (χ1n) is 5.96. The number of anilines is 1. The smallest absolute Gasteiger partial charge is 0.136 e. The highest BCUT2D eigenvalue weighted by Crippen LogP contribution is 2.24. The molecule has 2 aromatic heterocycles. The molecule has 5 nitrogen and oxygen atoms in total. The highest BCUT2D eigenvalue weighted by atomic mass is 15.2. The maximum atomic E-state index is 4.63. The van der Waals surface area contributed by atoms with Crippen LogP contribution in [0.4, 0.5) is 5.82 Å². The van der Waals surface area contributed by atoms with E-state index in [9.17, 15) is 0 Å². The third kappa shape index (κ3) is 2.50. The van der Waals surface area contributed by atoms with Crippen LogP contribution in [0.3, 0.4) is 0 Å². The van der Waals surface area contributed by atoms with Gasteiger partial charge in [-0.05, 0) is 0 Å². The Hall–Kier alpha value is -1.91. The van der Waals surface area contributed by atoms with Gasteiger partial charge in [-0.1, -0.05) is 20.8 Å². The minimum absolute atomic E-state index is 0.0795. The lowest BCUT2D eigenvalue weighted by Crippen LogP contribution is -2.17. The van der Waals surface area contributed by atoms with E-state index in [-0.39, 0.29) is 5.41 Å². The zero-order valence-corrected chi connectivity index (χ0v) is 11.5. The van der Waals surface area contributed by atoms with Crippen LogP contribution in [0, 0.1) is 0 Å². The quantitative estimate of drug-likeness (QED) is 0.881. The summed E-state index contributed by atoms with van der Waals surface area (Å²) in [5.74, 6) is 1.65. The zero-order chi connectivity index (χ0) is 13.3. The third-order valence-corrected chi connectivity index (χ3v) is 2.65. The molecule has 0 aliphatic rings. The van der Waals surface area contributed by atoms with Gasteiger partial charge in [-0.25, -0.2) is 9.97 Å². The predicted octanol–water partition coefficient (Wildman–Crippen LogP) is 2.22. The van der Waals surface area contributed by atoms with Crippen LogP contribution in [0.2, 0.25) is 0 Å². The number of aryl methyl sites for hydroxylation is 1. The van der Waals surface area contributed by atoms with Crippen LogP contribution in [0.15, 0.2) is 18.5 Å². The van der Waals surface area contributed by atoms with Crippen molar-refractivity contribution in [3.63, 3.8) is 0 Å². The van der Waals surface area contributed by atoms with Crippen LogP contribution in [0.1, 0.15) is 26.6 Å². The summed E-state index contributed by atoms with van der Waals surface area (Å²) in [4.78, 5) is 9.14. The Labute approximate surface area is 107 Å². The van der Waals surface area contributed by atoms with E-state index in [1.165, 1.54) is 0 Å². The molecule has 2 aromatic rings. The first-order valence-corrected chi connectivity index (χ1v) is 5.96. The third-order valence-electron chi connectivity index (χ3n) is 2.65. The number of hydrogen-bond donors (Lipinski definition) is 1. The van der Waals surface area contributed by atoms with Crippen molar-refractivity contribution >= 4 is 5.82 Å². The van der Waals surface area contributed by atoms with Crippen molar-refractivity contribution in [2.75, 3.05) is 12.4 Å². The minimum Gasteiger partial charge on any atom is -0.373 e. The number of aromatic nitrogens is 4. The fourth-order valence-corrected chi connectivity index (χ4v) is 1.61. The molecule has 2 rings (SSSR count). The number of rotatable bonds is 2. The second kappa shape index (κ2) is 4.40. The summed E-state index contributed by atoms with van der Waals surface area (Å²) in [5, 5.41) is 7.25. The van der Waals surface area contributed by atoms with E-state index in [0.29, 0.717) is 0 Å². The molecule has 0 aliphatic carbocycles. The van der Waals surface area contributed by atoms with Crippen molar-refractivity contribution in [3.8, 4) is 11.3 Å². The SMILES string of the molecule is CNc1cc(-c2cnn(C)c2)nc(C(C)(C)C)n1. The molecular formula is C13H19N5. The highest BCUT2D eigenvalue weighted by molar-refractivity contribution is 5.61. The molecule has 96 valence electrons. The minimum atomic E-state index is -0.0795. The van der Waals surface area contributed by atoms with Gasteiger partial charge in [0.05, 0.1) is 11.9 Å². The van der Waals surface area contributed by atoms with Crippen molar-refractivity contribution in [1.29, 1.82) is 0 Å². The molecule has 0 atom stereocenters. The van der Waals surface area contributed by atoms with Crippen molar-refractivity contribution in [2.45, 2.75) is 26.2 Å². The van der Waals surface area contributed by atoms with E-state index in [0.717, 1.165) is 22.9 Å². The van der Waals surface area contributed by atoms with E-state index >= 15 is 0 Å². The fraction of sp³-hybridized carbons (Fsp3) is 0.462. The van der Waals surface area contributed by atoms with Gasteiger partial charge < -0.3 is 5.32 Å². The van der Waals surface area contributed by atoms with Gasteiger partial charge in [0.1, 0.15) is 11.6 Å². The van der Waals surface area contributed by atoms with Gasteiger partial charge in [-0.15, -0.1) is 0 Å². The lowest BCUT2D eigenvalue weighted by molar-refractivity contribution is 0.547. The Morgan fingerprint density at radius 2 is 1.94 bits per heavy atom. The standard InChI is InChI=1S/C13H19N5/c1-13(2,3)12-16-10(6-11(14-4)17-12)9-7-15-18(5)8-9/h6-8H,1-5H3,(H,14,16,17). The molecule has 0 amide bonds. The van der Waals surface area contributed by atoms with Gasteiger partial charge in [0.25, 0.3) is 0 Å². The molecule has 18 heavy (non-hydrogen) atoms. The van der Waals surface area contributed by atoms with Gasteiger partial charge in [0, 0.05) is 37.3 Å². The van der Waals surface area contributed by atoms with E-state index < -0.39 is 0 Å². The molecule has 2 heterocycles. The van der Waals surface area contributed by atoms with Gasteiger partial charge in [-0.3, -0.25) is 4.68 Å². The first kappa shape index (κ1) is 12.5. The van der Waals surface area contributed by atoms with Crippen LogP contribution in [-0.2, 0) is 12.5 Å². The summed E-state index contributed by atoms with van der Waals surface area (Å²) in [6.07, 6.45) is 3.77. The summed E-state index contributed by atoms with van der Waals surface area (Å²) < 4.78 is 1.77. The predicted molar refractivity (Wildman–Crippen MR) is 72.5 cm³/mol. The van der Waals surface area contributed by atoms with Crippen LogP contribution < -0.4 is 5.32 Å². The molecule has 0 aromatic carbocycles. The normalized spacial score (nSPS) is 11.6. The van der Waals surface area contributed by atoms with Gasteiger partial charge in [0.2, 0.25) is 0 Å². The van der Waals surface area contributed by atoms with Crippen molar-refractivity contribution < 1.29 is 0 Å². The molecule has 5 heteroatoms. The van der Waals surface area contributed by atoms with Crippen LogP contribution in [0.5, 0.6) is 0 Å². The van der Waals surface area contributed by atoms with Crippen LogP contribution in [-0.4, -0.2) is 26.8 Å². The number of hydrogen-bond acceptors (Lipinski definition) is 4. The Morgan fingerprint density at radius 1 is 1.22 bits per heavy atom. The highest BCUT2D eigenvalue weighted by Gasteiger charge is 2.19. The second-order valence-corrected chi connectivity index (χ2v) is 5.36. The summed E-state index contributed by atoms with van der Waals surface area (Å²) in [6, 6.07) is 1.94. The van der Waals surface area contributed by atoms with Crippen molar-refractivity contribution in [1.82, 2.24) is 19.7 Å². The maximum Gasteiger partial charge on any atom is 0.136 e. The largest absolute Gasteiger partial charge is 0.373 e. The number of nitrogens with zero attached hydrogens (tertiary/aromatic N) is 4. The molecule has 0 saturated carbocycles.